The number of hydrogen-bond donors (Lipinski definition) is 2. The maximum absolute atomic E-state index is 12.8. The highest BCUT2D eigenvalue weighted by molar-refractivity contribution is 6.33. The largest absolute Gasteiger partial charge is 0.496 e. The molecule has 3 N–H and O–H groups in total. The predicted octanol–water partition coefficient (Wildman–Crippen LogP) is 3.12. The van der Waals surface area contributed by atoms with E-state index in [9.17, 15) is 4.79 Å². The molecule has 0 atom stereocenters. The van der Waals surface area contributed by atoms with Crippen molar-refractivity contribution in [3.8, 4) is 5.75 Å². The molecule has 1 aliphatic carbocycles. The maximum atomic E-state index is 12.8. The topological polar surface area (TPSA) is 76.8 Å². The monoisotopic (exact) mass is 417 g/mol. The van der Waals surface area contributed by atoms with Gasteiger partial charge in [0.2, 0.25) is 0 Å². The van der Waals surface area contributed by atoms with Crippen LogP contribution < -0.4 is 15.8 Å². The maximum Gasteiger partial charge on any atom is 0.255 e. The Kier molecular flexibility index (Phi) is 8.04. The van der Waals surface area contributed by atoms with E-state index in [4.69, 9.17) is 26.8 Å². The van der Waals surface area contributed by atoms with Crippen molar-refractivity contribution >= 4 is 35.6 Å². The quantitative estimate of drug-likeness (QED) is 0.719. The van der Waals surface area contributed by atoms with Gasteiger partial charge in [0, 0.05) is 31.2 Å². The third-order valence-electron chi connectivity index (χ3n) is 5.61. The Morgan fingerprint density at radius 1 is 1.30 bits per heavy atom. The first-order valence-corrected chi connectivity index (χ1v) is 9.67. The fourth-order valence-electron chi connectivity index (χ4n) is 4.11. The Hall–Kier alpha value is -1.21. The molecule has 1 aromatic rings. The van der Waals surface area contributed by atoms with Crippen LogP contribution in [0.15, 0.2) is 12.1 Å². The van der Waals surface area contributed by atoms with Crippen LogP contribution in [0.2, 0.25) is 5.02 Å². The molecule has 2 fully saturated rings. The van der Waals surface area contributed by atoms with E-state index >= 15 is 0 Å². The van der Waals surface area contributed by atoms with Crippen LogP contribution in [0.25, 0.3) is 0 Å². The fraction of sp³-hybridized carbons (Fsp3) is 0.632. The molecule has 8 heteroatoms. The van der Waals surface area contributed by atoms with Crippen LogP contribution in [0, 0.1) is 0 Å². The number of carbonyl (C=O) groups excluding carboxylic acids is 1. The number of carbonyl (C=O) groups is 1. The average Bonchev–Trinajstić information content (AvgIpc) is 2.69. The molecule has 1 saturated heterocycles. The fourth-order valence-corrected chi connectivity index (χ4v) is 4.27. The molecule has 1 aliphatic heterocycles. The molecular formula is C19H29Cl2N3O3. The molecule has 0 radical (unpaired) electrons. The predicted molar refractivity (Wildman–Crippen MR) is 110 cm³/mol. The van der Waals surface area contributed by atoms with E-state index < -0.39 is 0 Å². The number of amides is 1. The number of morpholine rings is 1. The van der Waals surface area contributed by atoms with Gasteiger partial charge in [0.05, 0.1) is 36.6 Å². The van der Waals surface area contributed by atoms with Crippen molar-refractivity contribution in [3.05, 3.63) is 22.7 Å². The molecule has 2 aliphatic rings. The van der Waals surface area contributed by atoms with Gasteiger partial charge >= 0.3 is 0 Å². The number of halogens is 2. The van der Waals surface area contributed by atoms with E-state index in [2.05, 4.69) is 10.2 Å². The van der Waals surface area contributed by atoms with Crippen molar-refractivity contribution in [2.45, 2.75) is 37.6 Å². The minimum absolute atomic E-state index is 0. The van der Waals surface area contributed by atoms with E-state index in [-0.39, 0.29) is 23.9 Å². The highest BCUT2D eigenvalue weighted by atomic mass is 35.5. The Labute approximate surface area is 172 Å². The lowest BCUT2D eigenvalue weighted by Crippen LogP contribution is -2.59. The summed E-state index contributed by atoms with van der Waals surface area (Å²) >= 11 is 6.10. The lowest BCUT2D eigenvalue weighted by molar-refractivity contribution is -0.0361. The van der Waals surface area contributed by atoms with Gasteiger partial charge in [-0.05, 0) is 18.9 Å². The summed E-state index contributed by atoms with van der Waals surface area (Å²) in [4.78, 5) is 15.3. The van der Waals surface area contributed by atoms with E-state index in [0.29, 0.717) is 28.6 Å². The van der Waals surface area contributed by atoms with E-state index in [1.807, 2.05) is 0 Å². The summed E-state index contributed by atoms with van der Waals surface area (Å²) in [6.45, 7) is 3.99. The van der Waals surface area contributed by atoms with E-state index in [1.165, 1.54) is 26.4 Å². The summed E-state index contributed by atoms with van der Waals surface area (Å²) in [5, 5.41) is 3.49. The lowest BCUT2D eigenvalue weighted by Gasteiger charge is -2.48. The minimum Gasteiger partial charge on any atom is -0.496 e. The standard InChI is InChI=1S/C19H28ClN3O3.ClH/c1-25-17-12-16(21)15(20)11-14(17)18(24)22-13-19(5-3-2-4-6-19)23-7-9-26-10-8-23;/h11-12H,2-10,13,21H2,1H3,(H,22,24);1H. The van der Waals surface area contributed by atoms with Crippen LogP contribution in [0.4, 0.5) is 5.69 Å². The zero-order valence-corrected chi connectivity index (χ0v) is 17.3. The van der Waals surface area contributed by atoms with Crippen molar-refractivity contribution in [3.63, 3.8) is 0 Å². The zero-order valence-electron chi connectivity index (χ0n) is 15.8. The molecule has 1 heterocycles. The normalized spacial score (nSPS) is 19.8. The summed E-state index contributed by atoms with van der Waals surface area (Å²) in [5.74, 6) is 0.260. The van der Waals surface area contributed by atoms with Crippen LogP contribution >= 0.6 is 24.0 Å². The molecule has 1 saturated carbocycles. The Morgan fingerprint density at radius 3 is 2.59 bits per heavy atom. The Morgan fingerprint density at radius 2 is 1.96 bits per heavy atom. The zero-order chi connectivity index (χ0) is 18.6. The second kappa shape index (κ2) is 9.82. The van der Waals surface area contributed by atoms with Crippen LogP contribution in [0.3, 0.4) is 0 Å². The summed E-state index contributed by atoms with van der Waals surface area (Å²) < 4.78 is 10.8. The number of nitrogens with zero attached hydrogens (tertiary/aromatic N) is 1. The Balaban J connectivity index is 0.00000261. The summed E-state index contributed by atoms with van der Waals surface area (Å²) in [7, 11) is 1.52. The van der Waals surface area contributed by atoms with Crippen LogP contribution in [-0.4, -0.2) is 56.3 Å². The molecule has 1 aromatic carbocycles. The van der Waals surface area contributed by atoms with Gasteiger partial charge in [0.25, 0.3) is 5.91 Å². The number of anilines is 1. The smallest absolute Gasteiger partial charge is 0.255 e. The van der Waals surface area contributed by atoms with E-state index in [0.717, 1.165) is 39.1 Å². The van der Waals surface area contributed by atoms with Crippen molar-refractivity contribution in [2.75, 3.05) is 45.7 Å². The van der Waals surface area contributed by atoms with Crippen molar-refractivity contribution in [2.24, 2.45) is 0 Å². The lowest BCUT2D eigenvalue weighted by atomic mass is 9.79. The number of hydrogen-bond acceptors (Lipinski definition) is 5. The van der Waals surface area contributed by atoms with Gasteiger partial charge < -0.3 is 20.5 Å². The molecule has 0 spiro atoms. The summed E-state index contributed by atoms with van der Waals surface area (Å²) in [5.41, 5.74) is 6.65. The molecular weight excluding hydrogens is 389 g/mol. The highest BCUT2D eigenvalue weighted by Gasteiger charge is 2.39. The third kappa shape index (κ3) is 4.99. The first-order chi connectivity index (χ1) is 12.6. The van der Waals surface area contributed by atoms with Crippen molar-refractivity contribution in [1.82, 2.24) is 10.2 Å². The van der Waals surface area contributed by atoms with Gasteiger partial charge in [-0.15, -0.1) is 12.4 Å². The third-order valence-corrected chi connectivity index (χ3v) is 5.93. The molecule has 0 bridgehead atoms. The number of methoxy groups -OCH3 is 1. The number of nitrogens with one attached hydrogen (secondary N) is 1. The SMILES string of the molecule is COc1cc(N)c(Cl)cc1C(=O)NCC1(N2CCOCC2)CCCCC1.Cl. The second-order valence-corrected chi connectivity index (χ2v) is 7.55. The second-order valence-electron chi connectivity index (χ2n) is 7.14. The number of nitrogens with two attached hydrogens (primary N) is 1. The summed E-state index contributed by atoms with van der Waals surface area (Å²) in [6.07, 6.45) is 5.87. The molecule has 1 amide bonds. The van der Waals surface area contributed by atoms with Gasteiger partial charge in [-0.2, -0.15) is 0 Å². The molecule has 152 valence electrons. The van der Waals surface area contributed by atoms with Crippen LogP contribution in [0.5, 0.6) is 5.75 Å². The number of benzene rings is 1. The molecule has 27 heavy (non-hydrogen) atoms. The highest BCUT2D eigenvalue weighted by Crippen LogP contribution is 2.34. The van der Waals surface area contributed by atoms with Gasteiger partial charge in [-0.25, -0.2) is 0 Å². The Bertz CT molecular complexity index is 645. The molecule has 0 aromatic heterocycles. The molecule has 6 nitrogen and oxygen atoms in total. The summed E-state index contributed by atoms with van der Waals surface area (Å²) in [6, 6.07) is 3.17. The van der Waals surface area contributed by atoms with Gasteiger partial charge in [-0.3, -0.25) is 9.69 Å². The van der Waals surface area contributed by atoms with Crippen molar-refractivity contribution in [1.29, 1.82) is 0 Å². The van der Waals surface area contributed by atoms with Crippen LogP contribution in [-0.2, 0) is 4.74 Å². The van der Waals surface area contributed by atoms with Gasteiger partial charge in [0.15, 0.2) is 0 Å². The minimum atomic E-state index is -0.179. The number of ether oxygens (including phenoxy) is 2. The molecule has 3 rings (SSSR count). The van der Waals surface area contributed by atoms with Gasteiger partial charge in [-0.1, -0.05) is 30.9 Å². The van der Waals surface area contributed by atoms with Crippen molar-refractivity contribution < 1.29 is 14.3 Å². The molecule has 0 unspecified atom stereocenters. The number of nitrogen functional groups attached to an aromatic ring is 1. The average molecular weight is 418 g/mol. The van der Waals surface area contributed by atoms with Gasteiger partial charge in [0.1, 0.15) is 5.75 Å². The number of rotatable bonds is 5. The first kappa shape index (κ1) is 22.1. The van der Waals surface area contributed by atoms with Crippen LogP contribution in [0.1, 0.15) is 42.5 Å². The first-order valence-electron chi connectivity index (χ1n) is 9.30. The van der Waals surface area contributed by atoms with E-state index in [1.54, 1.807) is 12.1 Å².